The topological polar surface area (TPSA) is 46.9 Å². The van der Waals surface area contributed by atoms with Gasteiger partial charge in [0.1, 0.15) is 0 Å². The maximum atomic E-state index is 12.7. The highest BCUT2D eigenvalue weighted by Gasteiger charge is 2.20. The first-order chi connectivity index (χ1) is 11.2. The van der Waals surface area contributed by atoms with Crippen LogP contribution in [0.15, 0.2) is 60.0 Å². The van der Waals surface area contributed by atoms with Gasteiger partial charge in [0.05, 0.1) is 5.25 Å². The zero-order valence-electron chi connectivity index (χ0n) is 13.2. The molecule has 2 aromatic carbocycles. The number of anilines is 1. The first-order valence-corrected chi connectivity index (χ1v) is 8.49. The van der Waals surface area contributed by atoms with Crippen LogP contribution in [0.25, 0.3) is 10.8 Å². The Hall–Kier alpha value is -2.27. The van der Waals surface area contributed by atoms with Crippen LogP contribution in [0, 0.1) is 0 Å². The van der Waals surface area contributed by atoms with Crippen LogP contribution in [-0.4, -0.2) is 20.7 Å². The van der Waals surface area contributed by atoms with Gasteiger partial charge in [-0.15, -0.1) is 0 Å². The fourth-order valence-electron chi connectivity index (χ4n) is 2.46. The third kappa shape index (κ3) is 3.40. The number of fused-ring (bicyclic) bond motifs is 1. The molecule has 0 bridgehead atoms. The molecule has 0 saturated heterocycles. The molecule has 0 fully saturated rings. The van der Waals surface area contributed by atoms with Gasteiger partial charge in [0.15, 0.2) is 5.16 Å². The van der Waals surface area contributed by atoms with Crippen molar-refractivity contribution in [3.63, 3.8) is 0 Å². The second-order valence-electron chi connectivity index (χ2n) is 5.35. The third-order valence-electron chi connectivity index (χ3n) is 3.74. The number of hydrogen-bond donors (Lipinski definition) is 1. The molecule has 1 aromatic heterocycles. The maximum absolute atomic E-state index is 12.7. The number of nitrogens with zero attached hydrogens (tertiary/aromatic N) is 2. The Bertz CT molecular complexity index is 823. The second-order valence-corrected chi connectivity index (χ2v) is 6.52. The standard InChI is InChI=1S/C18H19N3OS/c1-3-16(23-18-19-11-12-21(18)2)17(22)20-15-10-6-8-13-7-4-5-9-14(13)15/h4-12,16H,3H2,1-2H3,(H,20,22)/t16-/m1/s1. The Labute approximate surface area is 139 Å². The van der Waals surface area contributed by atoms with Crippen molar-refractivity contribution < 1.29 is 4.79 Å². The normalized spacial score (nSPS) is 12.3. The van der Waals surface area contributed by atoms with Crippen molar-refractivity contribution >= 4 is 34.1 Å². The van der Waals surface area contributed by atoms with Crippen molar-refractivity contribution in [2.24, 2.45) is 7.05 Å². The molecule has 1 atom stereocenters. The number of thioether (sulfide) groups is 1. The van der Waals surface area contributed by atoms with Crippen LogP contribution >= 0.6 is 11.8 Å². The summed E-state index contributed by atoms with van der Waals surface area (Å²) < 4.78 is 1.93. The average molecular weight is 325 g/mol. The zero-order chi connectivity index (χ0) is 16.2. The van der Waals surface area contributed by atoms with Crippen molar-refractivity contribution in [2.45, 2.75) is 23.8 Å². The number of rotatable bonds is 5. The Balaban J connectivity index is 1.80. The van der Waals surface area contributed by atoms with E-state index in [4.69, 9.17) is 0 Å². The summed E-state index contributed by atoms with van der Waals surface area (Å²) in [4.78, 5) is 16.9. The van der Waals surface area contributed by atoms with Crippen LogP contribution < -0.4 is 5.32 Å². The molecule has 1 heterocycles. The van der Waals surface area contributed by atoms with E-state index in [0.717, 1.165) is 28.0 Å². The molecule has 0 spiro atoms. The lowest BCUT2D eigenvalue weighted by Gasteiger charge is -2.15. The molecule has 1 amide bonds. The van der Waals surface area contributed by atoms with Gasteiger partial charge in [-0.25, -0.2) is 4.98 Å². The summed E-state index contributed by atoms with van der Waals surface area (Å²) in [7, 11) is 1.94. The molecule has 5 heteroatoms. The van der Waals surface area contributed by atoms with Crippen LogP contribution in [0.1, 0.15) is 13.3 Å². The number of aryl methyl sites for hydroxylation is 1. The minimum Gasteiger partial charge on any atom is -0.329 e. The highest BCUT2D eigenvalue weighted by atomic mass is 32.2. The number of aromatic nitrogens is 2. The molecule has 0 unspecified atom stereocenters. The van der Waals surface area contributed by atoms with E-state index in [-0.39, 0.29) is 11.2 Å². The minimum absolute atomic E-state index is 0.0110. The van der Waals surface area contributed by atoms with Crippen molar-refractivity contribution in [1.29, 1.82) is 0 Å². The Kier molecular flexibility index (Phi) is 4.67. The van der Waals surface area contributed by atoms with Crippen molar-refractivity contribution in [1.82, 2.24) is 9.55 Å². The number of benzene rings is 2. The summed E-state index contributed by atoms with van der Waals surface area (Å²) in [6, 6.07) is 14.0. The van der Waals surface area contributed by atoms with Gasteiger partial charge < -0.3 is 9.88 Å². The molecule has 0 aliphatic carbocycles. The summed E-state index contributed by atoms with van der Waals surface area (Å²) in [5.41, 5.74) is 0.854. The largest absolute Gasteiger partial charge is 0.329 e. The average Bonchev–Trinajstić information content (AvgIpc) is 2.97. The first kappa shape index (κ1) is 15.6. The highest BCUT2D eigenvalue weighted by molar-refractivity contribution is 8.00. The molecule has 23 heavy (non-hydrogen) atoms. The van der Waals surface area contributed by atoms with Gasteiger partial charge in [0.2, 0.25) is 5.91 Å². The molecular formula is C18H19N3OS. The summed E-state index contributed by atoms with van der Waals surface area (Å²) in [6.07, 6.45) is 4.38. The number of carbonyl (C=O) groups is 1. The summed E-state index contributed by atoms with van der Waals surface area (Å²) in [5.74, 6) is 0.0110. The van der Waals surface area contributed by atoms with Gasteiger partial charge in [-0.3, -0.25) is 4.79 Å². The lowest BCUT2D eigenvalue weighted by Crippen LogP contribution is -2.25. The molecule has 0 aliphatic heterocycles. The molecule has 0 aliphatic rings. The molecule has 0 radical (unpaired) electrons. The number of amides is 1. The SMILES string of the molecule is CC[C@@H](Sc1nccn1C)C(=O)Nc1cccc2ccccc12. The van der Waals surface area contributed by atoms with E-state index in [1.54, 1.807) is 6.20 Å². The van der Waals surface area contributed by atoms with Gasteiger partial charge >= 0.3 is 0 Å². The van der Waals surface area contributed by atoms with Crippen molar-refractivity contribution in [3.8, 4) is 0 Å². The van der Waals surface area contributed by atoms with Crippen LogP contribution in [0.4, 0.5) is 5.69 Å². The van der Waals surface area contributed by atoms with E-state index in [9.17, 15) is 4.79 Å². The molecular weight excluding hydrogens is 306 g/mol. The fourth-order valence-corrected chi connectivity index (χ4v) is 3.40. The van der Waals surface area contributed by atoms with Gasteiger partial charge in [-0.05, 0) is 17.9 Å². The Morgan fingerprint density at radius 2 is 2.04 bits per heavy atom. The minimum atomic E-state index is -0.171. The number of hydrogen-bond acceptors (Lipinski definition) is 3. The van der Waals surface area contributed by atoms with Gasteiger partial charge in [-0.1, -0.05) is 55.1 Å². The molecule has 3 rings (SSSR count). The third-order valence-corrected chi connectivity index (χ3v) is 5.17. The second kappa shape index (κ2) is 6.87. The molecule has 0 saturated carbocycles. The number of carbonyl (C=O) groups excluding carboxylic acids is 1. The molecule has 3 aromatic rings. The molecule has 1 N–H and O–H groups in total. The predicted molar refractivity (Wildman–Crippen MR) is 95.7 cm³/mol. The van der Waals surface area contributed by atoms with E-state index in [2.05, 4.69) is 10.3 Å². The summed E-state index contributed by atoms with van der Waals surface area (Å²) >= 11 is 1.49. The summed E-state index contributed by atoms with van der Waals surface area (Å²) in [6.45, 7) is 2.02. The smallest absolute Gasteiger partial charge is 0.237 e. The van der Waals surface area contributed by atoms with E-state index in [1.165, 1.54) is 11.8 Å². The van der Waals surface area contributed by atoms with Crippen molar-refractivity contribution in [2.75, 3.05) is 5.32 Å². The van der Waals surface area contributed by atoms with Gasteiger partial charge in [0, 0.05) is 30.5 Å². The fraction of sp³-hybridized carbons (Fsp3) is 0.222. The van der Waals surface area contributed by atoms with Crippen LogP contribution in [0.5, 0.6) is 0 Å². The van der Waals surface area contributed by atoms with E-state index >= 15 is 0 Å². The quantitative estimate of drug-likeness (QED) is 0.719. The zero-order valence-corrected chi connectivity index (χ0v) is 14.0. The maximum Gasteiger partial charge on any atom is 0.237 e. The van der Waals surface area contributed by atoms with E-state index in [0.29, 0.717) is 0 Å². The van der Waals surface area contributed by atoms with E-state index in [1.807, 2.05) is 67.2 Å². The van der Waals surface area contributed by atoms with Crippen LogP contribution in [-0.2, 0) is 11.8 Å². The number of nitrogens with one attached hydrogen (secondary N) is 1. The lowest BCUT2D eigenvalue weighted by atomic mass is 10.1. The highest BCUT2D eigenvalue weighted by Crippen LogP contribution is 2.27. The number of imidazole rings is 1. The Morgan fingerprint density at radius 3 is 2.78 bits per heavy atom. The lowest BCUT2D eigenvalue weighted by molar-refractivity contribution is -0.115. The summed E-state index contributed by atoms with van der Waals surface area (Å²) in [5, 5.41) is 5.93. The van der Waals surface area contributed by atoms with Gasteiger partial charge in [-0.2, -0.15) is 0 Å². The first-order valence-electron chi connectivity index (χ1n) is 7.61. The molecule has 4 nitrogen and oxygen atoms in total. The van der Waals surface area contributed by atoms with Crippen molar-refractivity contribution in [3.05, 3.63) is 54.9 Å². The Morgan fingerprint density at radius 1 is 1.26 bits per heavy atom. The predicted octanol–water partition coefficient (Wildman–Crippen LogP) is 4.08. The molecule has 118 valence electrons. The van der Waals surface area contributed by atoms with Crippen LogP contribution in [0.2, 0.25) is 0 Å². The van der Waals surface area contributed by atoms with Gasteiger partial charge in [0.25, 0.3) is 0 Å². The monoisotopic (exact) mass is 325 g/mol. The van der Waals surface area contributed by atoms with Crippen LogP contribution in [0.3, 0.4) is 0 Å². The van der Waals surface area contributed by atoms with E-state index < -0.39 is 0 Å².